The number of primary amides is 4. The van der Waals surface area contributed by atoms with Gasteiger partial charge in [-0.3, -0.25) is 116 Å². The summed E-state index contributed by atoms with van der Waals surface area (Å²) in [5.41, 5.74) is 34.7. The fourth-order valence-electron chi connectivity index (χ4n) is 14.8. The molecule has 4 aliphatic rings. The van der Waals surface area contributed by atoms with Crippen molar-refractivity contribution in [2.75, 3.05) is 55.8 Å². The Labute approximate surface area is 833 Å². The lowest BCUT2D eigenvalue weighted by Gasteiger charge is -2.32. The number of amides is 21. The normalized spacial score (nSPS) is 23.5. The first-order valence-corrected chi connectivity index (χ1v) is 50.2. The minimum atomic E-state index is -1.96. The van der Waals surface area contributed by atoms with Crippen molar-refractivity contribution in [2.24, 2.45) is 40.3 Å². The third kappa shape index (κ3) is 38.5. The van der Waals surface area contributed by atoms with Gasteiger partial charge in [0.1, 0.15) is 103 Å². The maximum atomic E-state index is 15.1. The van der Waals surface area contributed by atoms with E-state index in [1.807, 2.05) is 0 Å². The summed E-state index contributed by atoms with van der Waals surface area (Å²) in [6.45, 7) is 5.80. The molecular formula is C85H129N27O26S4. The van der Waals surface area contributed by atoms with Crippen LogP contribution in [0.5, 0.6) is 0 Å². The molecule has 19 atom stereocenters. The molecule has 4 bridgehead atoms. The van der Waals surface area contributed by atoms with Crippen LogP contribution in [-0.4, -0.2) is 347 Å². The van der Waals surface area contributed by atoms with E-state index in [-0.39, 0.29) is 104 Å². The Morgan fingerprint density at radius 1 is 0.514 bits per heavy atom. The summed E-state index contributed by atoms with van der Waals surface area (Å²) in [6.07, 6.45) is -7.91. The molecule has 6 heterocycles. The number of thioether (sulfide) groups is 4. The van der Waals surface area contributed by atoms with E-state index in [4.69, 9.17) is 44.8 Å². The second-order valence-electron chi connectivity index (χ2n) is 34.4. The molecule has 0 aromatic carbocycles. The van der Waals surface area contributed by atoms with Crippen LogP contribution in [-0.2, 0) is 128 Å². The number of fused-ring (bicyclic) bond motifs is 5. The lowest BCUT2D eigenvalue weighted by molar-refractivity contribution is -0.145. The van der Waals surface area contributed by atoms with Gasteiger partial charge in [0.25, 0.3) is 0 Å². The number of rotatable bonds is 35. The number of carbonyl (C=O) groups excluding carboxylic acids is 21. The highest BCUT2D eigenvalue weighted by atomic mass is 32.2. The molecule has 57 heteroatoms. The topological polar surface area (TPSA) is 861 Å². The number of carboxylic acid groups (broad SMARTS) is 1. The monoisotopic (exact) mass is 2070 g/mol. The molecule has 0 aliphatic carbocycles. The van der Waals surface area contributed by atoms with Gasteiger partial charge in [0.15, 0.2) is 5.96 Å². The number of pyridine rings is 2. The van der Waals surface area contributed by atoms with Gasteiger partial charge in [0.05, 0.1) is 54.6 Å². The number of aliphatic hydroxyl groups is 3. The number of carboxylic acids is 1. The van der Waals surface area contributed by atoms with Crippen molar-refractivity contribution in [1.29, 1.82) is 5.41 Å². The van der Waals surface area contributed by atoms with Crippen molar-refractivity contribution in [3.63, 3.8) is 0 Å². The van der Waals surface area contributed by atoms with Crippen LogP contribution in [0.25, 0.3) is 0 Å². The van der Waals surface area contributed by atoms with E-state index in [1.54, 1.807) is 36.4 Å². The van der Waals surface area contributed by atoms with Crippen LogP contribution >= 0.6 is 47.0 Å². The molecular weight excluding hydrogens is 1940 g/mol. The quantitative estimate of drug-likeness (QED) is 0.0173. The Hall–Kier alpha value is -12.8. The Bertz CT molecular complexity index is 4890. The molecule has 142 heavy (non-hydrogen) atoms. The molecule has 0 saturated carbocycles. The maximum absolute atomic E-state index is 15.1. The van der Waals surface area contributed by atoms with Crippen molar-refractivity contribution in [3.8, 4) is 0 Å². The van der Waals surface area contributed by atoms with Gasteiger partial charge < -0.3 is 150 Å². The number of hydrogen-bond donors (Lipinski definition) is 27. The number of aromatic nitrogens is 2. The first kappa shape index (κ1) is 118. The number of nitrogens with zero attached hydrogens (tertiary/aromatic N) is 4. The zero-order chi connectivity index (χ0) is 105. The molecule has 2 saturated heterocycles. The zero-order valence-electron chi connectivity index (χ0n) is 79.1. The van der Waals surface area contributed by atoms with Gasteiger partial charge in [-0.05, 0) is 116 Å². The van der Waals surface area contributed by atoms with Crippen LogP contribution in [0.4, 0.5) is 0 Å². The number of nitrogens with two attached hydrogens (primary N) is 6. The Kier molecular flexibility index (Phi) is 48.6. The molecule has 784 valence electrons. The first-order valence-electron chi connectivity index (χ1n) is 45.6. The van der Waals surface area contributed by atoms with E-state index in [9.17, 15) is 121 Å². The second-order valence-corrected chi connectivity index (χ2v) is 38.5. The van der Waals surface area contributed by atoms with Crippen molar-refractivity contribution in [3.05, 3.63) is 59.2 Å². The average Bonchev–Trinajstić information content (AvgIpc) is 1.63. The Morgan fingerprint density at radius 2 is 1.00 bits per heavy atom. The van der Waals surface area contributed by atoms with E-state index < -0.39 is 315 Å². The lowest BCUT2D eigenvalue weighted by Crippen LogP contribution is -2.62. The van der Waals surface area contributed by atoms with Gasteiger partial charge in [-0.1, -0.05) is 26.0 Å². The van der Waals surface area contributed by atoms with E-state index in [0.717, 1.165) is 70.7 Å². The summed E-state index contributed by atoms with van der Waals surface area (Å²) in [4.78, 5) is 316. The summed E-state index contributed by atoms with van der Waals surface area (Å²) in [5, 5.41) is 89.4. The molecule has 2 aromatic rings. The standard InChI is InChI=1S/C85H129N27O26S4/c1-39(2)65-80(133)106-56(37-141-33-46-13-7-12-44(96-46)31-139-35-54(98-64(120)29-86)77(130)109-66(42(5)114)81(134)102-48(16-9-25-93-85(91)92)70(123)99-50(72(125)108-65)20-23-61(88)117)75(128)101-49(19-22-60(87)116)71(124)100-51(21-24-62(89)118)73(126)110-67(43(6)115)83(136)112-27-11-17-58(112)78(131)95-41(4)69(122)107-57-38-142-34-47-15-8-14-45(97-47)32-140-36-55(76(129)103-52(84(137)138)28-63(90)119)105-68(121)40(3)94-74(127)53(30-113)104-79(132)59-18-10-26-111(59)82(57)135/h7-8,12-15,39-43,48-59,65-67,113-115H,9-11,16-38,86H2,1-6H3,(H2,87,116)(H2,88,117)(H2,89,118)(H2,90,119)(H,94,127)(H,95,131)(H,98,120)(H,99,123)(H,100,124)(H,101,128)(H,102,134)(H,103,129)(H,104,132)(H,105,121)(H,106,133)(H,107,122)(H,108,125)(H,109,130)(H,110,126)(H,137,138)(H4,91,92,93)/t40-,41-,42+,43+,48-,49-,50-,51-,52-,53-,54-,55-,56-,57-,58-,59-,65-,66-,67-/m0/s1. The van der Waals surface area contributed by atoms with Crippen molar-refractivity contribution < 1.29 is 126 Å². The Balaban J connectivity index is 1.25. The smallest absolute Gasteiger partial charge is 0.326 e. The SMILES string of the molecule is CC(C)[C@@H]1NC(=O)[C@H](CCC(N)=O)NC(=O)[C@H](CCCNC(=N)N)NC(=O)[C@H]([C@@H](C)O)NC(=O)[C@@H](NC(=O)CN)CSCc2cccc(n2)CSC[C@@H](C(=O)N[C@@H](CCC(N)=O)C(=O)N[C@@H](CCC(N)=O)C(=O)N[C@H](C(=O)N2CCC[C@H]2C(=O)N[C@@H](C)C(=O)N[C@H]2CSCc3cccc(n3)CSC[C@@H](C(=O)N[C@@H](CC(N)=O)C(=O)O)NC(=O)[C@H](C)NC(=O)[C@H](CO)NC(=O)[C@@H]3CCCN3C2=O)[C@@H](C)O)NC1=O. The van der Waals surface area contributed by atoms with E-state index in [2.05, 4.69) is 90.1 Å². The van der Waals surface area contributed by atoms with Crippen LogP contribution in [0.15, 0.2) is 36.4 Å². The molecule has 33 N–H and O–H groups in total. The molecule has 0 radical (unpaired) electrons. The van der Waals surface area contributed by atoms with E-state index in [0.29, 0.717) is 22.8 Å². The molecule has 21 amide bonds. The number of nitrogens with one attached hydrogen (secondary N) is 17. The van der Waals surface area contributed by atoms with Crippen molar-refractivity contribution in [2.45, 2.75) is 263 Å². The number of hydrogen-bond acceptors (Lipinski definition) is 33. The van der Waals surface area contributed by atoms with E-state index in [1.165, 1.54) is 27.7 Å². The number of guanidine groups is 1. The van der Waals surface area contributed by atoms with Gasteiger partial charge >= 0.3 is 5.97 Å². The highest BCUT2D eigenvalue weighted by molar-refractivity contribution is 7.99. The van der Waals surface area contributed by atoms with Crippen LogP contribution in [0.3, 0.4) is 0 Å². The molecule has 0 spiro atoms. The van der Waals surface area contributed by atoms with Crippen LogP contribution < -0.4 is 119 Å². The van der Waals surface area contributed by atoms with Crippen LogP contribution in [0.1, 0.15) is 148 Å². The average molecular weight is 2070 g/mol. The molecule has 2 fully saturated rings. The fraction of sp³-hybridized carbons (Fsp3) is 0.612. The summed E-state index contributed by atoms with van der Waals surface area (Å²) in [7, 11) is 0. The molecule has 2 aromatic heterocycles. The Morgan fingerprint density at radius 3 is 1.52 bits per heavy atom. The number of carbonyl (C=O) groups is 22. The molecule has 4 aliphatic heterocycles. The van der Waals surface area contributed by atoms with Gasteiger partial charge in [-0.2, -0.15) is 47.0 Å². The maximum Gasteiger partial charge on any atom is 0.326 e. The fourth-order valence-corrected chi connectivity index (χ4v) is 18.7. The van der Waals surface area contributed by atoms with Crippen molar-refractivity contribution >= 4 is 183 Å². The number of aliphatic hydroxyl groups excluding tert-OH is 3. The third-order valence-corrected chi connectivity index (χ3v) is 26.8. The molecule has 53 nitrogen and oxygen atoms in total. The second kappa shape index (κ2) is 58.5. The molecule has 0 unspecified atom stereocenters. The van der Waals surface area contributed by atoms with Gasteiger partial charge in [0, 0.05) is 84.9 Å². The highest BCUT2D eigenvalue weighted by Crippen LogP contribution is 2.26. The highest BCUT2D eigenvalue weighted by Gasteiger charge is 2.45. The van der Waals surface area contributed by atoms with E-state index >= 15 is 4.79 Å². The molecule has 6 rings (SSSR count). The summed E-state index contributed by atoms with van der Waals surface area (Å²) in [5.74, 6) is -25.4. The first-order chi connectivity index (χ1) is 67.1. The summed E-state index contributed by atoms with van der Waals surface area (Å²) < 4.78 is 0. The number of likely N-dealkylation sites (tertiary alicyclic amines) is 1. The van der Waals surface area contributed by atoms with Crippen molar-refractivity contribution in [1.82, 2.24) is 105 Å². The zero-order valence-corrected chi connectivity index (χ0v) is 82.3. The van der Waals surface area contributed by atoms with Gasteiger partial charge in [-0.25, -0.2) is 4.79 Å². The minimum Gasteiger partial charge on any atom is -0.480 e. The minimum absolute atomic E-state index is 0.00972. The predicted molar refractivity (Wildman–Crippen MR) is 513 cm³/mol. The van der Waals surface area contributed by atoms with Gasteiger partial charge in [0.2, 0.25) is 124 Å². The lowest BCUT2D eigenvalue weighted by atomic mass is 10.0. The largest absolute Gasteiger partial charge is 0.480 e. The third-order valence-electron chi connectivity index (χ3n) is 22.5. The van der Waals surface area contributed by atoms with Crippen LogP contribution in [0.2, 0.25) is 0 Å². The predicted octanol–water partition coefficient (Wildman–Crippen LogP) is -11.2. The van der Waals surface area contributed by atoms with Crippen LogP contribution in [0, 0.1) is 11.3 Å². The number of aliphatic carboxylic acids is 1. The van der Waals surface area contributed by atoms with Gasteiger partial charge in [-0.15, -0.1) is 0 Å². The summed E-state index contributed by atoms with van der Waals surface area (Å²) in [6, 6.07) is -18.1. The summed E-state index contributed by atoms with van der Waals surface area (Å²) >= 11 is 4.27.